The number of nitrogens with one attached hydrogen (secondary N) is 2. The Balaban J connectivity index is 1.55. The zero-order valence-corrected chi connectivity index (χ0v) is 16.8. The molecule has 0 atom stereocenters. The zero-order chi connectivity index (χ0) is 21.1. The van der Waals surface area contributed by atoms with E-state index in [1.165, 1.54) is 0 Å². The number of amides is 2. The number of nitrogen functional groups attached to an aromatic ring is 1. The van der Waals surface area contributed by atoms with Crippen LogP contribution in [0.4, 0.5) is 11.5 Å². The maximum atomic E-state index is 12.3. The first-order valence-corrected chi connectivity index (χ1v) is 9.98. The molecule has 0 unspecified atom stereocenters. The van der Waals surface area contributed by atoms with E-state index < -0.39 is 11.8 Å². The van der Waals surface area contributed by atoms with Gasteiger partial charge in [-0.2, -0.15) is 0 Å². The number of aryl methyl sites for hydroxylation is 1. The molecular formula is C22H24N6O2. The summed E-state index contributed by atoms with van der Waals surface area (Å²) in [6.07, 6.45) is 8.30. The highest BCUT2D eigenvalue weighted by atomic mass is 16.2. The van der Waals surface area contributed by atoms with Gasteiger partial charge in [-0.05, 0) is 60.5 Å². The van der Waals surface area contributed by atoms with Crippen LogP contribution in [-0.2, 0) is 9.59 Å². The maximum absolute atomic E-state index is 12.3. The molecule has 4 rings (SSSR count). The average Bonchev–Trinajstić information content (AvgIpc) is 2.74. The highest BCUT2D eigenvalue weighted by molar-refractivity contribution is 6.39. The molecule has 3 aromatic rings. The Bertz CT molecular complexity index is 1110. The molecule has 0 spiro atoms. The number of pyridine rings is 2. The summed E-state index contributed by atoms with van der Waals surface area (Å²) in [5, 5.41) is 5.94. The van der Waals surface area contributed by atoms with Crippen molar-refractivity contribution in [3.63, 3.8) is 0 Å². The minimum absolute atomic E-state index is 0.292. The highest BCUT2D eigenvalue weighted by Crippen LogP contribution is 2.31. The van der Waals surface area contributed by atoms with Gasteiger partial charge in [0.2, 0.25) is 0 Å². The fourth-order valence-electron chi connectivity index (χ4n) is 3.65. The summed E-state index contributed by atoms with van der Waals surface area (Å²) in [7, 11) is 0. The number of piperidine rings is 1. The molecule has 1 saturated heterocycles. The molecule has 1 aromatic carbocycles. The predicted octanol–water partition coefficient (Wildman–Crippen LogP) is 2.64. The number of anilines is 2. The van der Waals surface area contributed by atoms with Crippen molar-refractivity contribution in [2.24, 2.45) is 0 Å². The molecular weight excluding hydrogens is 380 g/mol. The molecule has 3 heterocycles. The van der Waals surface area contributed by atoms with Crippen LogP contribution in [0, 0.1) is 6.92 Å². The fraction of sp³-hybridized carbons (Fsp3) is 0.273. The summed E-state index contributed by atoms with van der Waals surface area (Å²) in [5.74, 6) is -1.15. The van der Waals surface area contributed by atoms with E-state index in [9.17, 15) is 9.59 Å². The van der Waals surface area contributed by atoms with Gasteiger partial charge in [-0.25, -0.2) is 9.99 Å². The number of carbonyl (C=O) groups is 2. The van der Waals surface area contributed by atoms with Gasteiger partial charge in [0.1, 0.15) is 5.82 Å². The van der Waals surface area contributed by atoms with E-state index in [0.717, 1.165) is 59.8 Å². The second-order valence-electron chi connectivity index (χ2n) is 7.49. The van der Waals surface area contributed by atoms with Crippen LogP contribution < -0.4 is 16.5 Å². The zero-order valence-electron chi connectivity index (χ0n) is 16.8. The van der Waals surface area contributed by atoms with Gasteiger partial charge in [0.05, 0.1) is 0 Å². The molecule has 1 fully saturated rings. The summed E-state index contributed by atoms with van der Waals surface area (Å²) in [6, 6.07) is 7.51. The Morgan fingerprint density at radius 2 is 1.87 bits per heavy atom. The van der Waals surface area contributed by atoms with Crippen molar-refractivity contribution in [1.29, 1.82) is 0 Å². The summed E-state index contributed by atoms with van der Waals surface area (Å²) in [6.45, 7) is 3.52. The molecule has 30 heavy (non-hydrogen) atoms. The van der Waals surface area contributed by atoms with Crippen molar-refractivity contribution < 1.29 is 9.59 Å². The molecule has 0 saturated carbocycles. The third kappa shape index (κ3) is 4.23. The molecule has 8 nitrogen and oxygen atoms in total. The van der Waals surface area contributed by atoms with Gasteiger partial charge in [-0.15, -0.1) is 0 Å². The van der Waals surface area contributed by atoms with Gasteiger partial charge in [-0.1, -0.05) is 6.42 Å². The number of benzene rings is 1. The van der Waals surface area contributed by atoms with Gasteiger partial charge >= 0.3 is 11.8 Å². The van der Waals surface area contributed by atoms with E-state index in [1.54, 1.807) is 29.7 Å². The van der Waals surface area contributed by atoms with E-state index in [-0.39, 0.29) is 0 Å². The van der Waals surface area contributed by atoms with Crippen molar-refractivity contribution in [2.75, 3.05) is 24.1 Å². The van der Waals surface area contributed by atoms with Crippen LogP contribution in [0.25, 0.3) is 21.9 Å². The molecule has 0 aliphatic carbocycles. The van der Waals surface area contributed by atoms with Crippen LogP contribution in [-0.4, -0.2) is 39.9 Å². The van der Waals surface area contributed by atoms with Crippen molar-refractivity contribution in [2.45, 2.75) is 26.2 Å². The van der Waals surface area contributed by atoms with Gasteiger partial charge in [-0.3, -0.25) is 20.0 Å². The van der Waals surface area contributed by atoms with Crippen LogP contribution in [0.3, 0.4) is 0 Å². The SMILES string of the molecule is Cc1ccncc1-c1cc(N)c2cnc(NC(=O)C(=O)NN3CCCCC3)cc2c1. The number of rotatable bonds is 3. The van der Waals surface area contributed by atoms with Crippen molar-refractivity contribution in [1.82, 2.24) is 20.4 Å². The molecule has 1 aliphatic rings. The maximum Gasteiger partial charge on any atom is 0.323 e. The summed E-state index contributed by atoms with van der Waals surface area (Å²) >= 11 is 0. The van der Waals surface area contributed by atoms with Crippen molar-refractivity contribution in [3.8, 4) is 11.1 Å². The minimum Gasteiger partial charge on any atom is -0.398 e. The molecule has 0 bridgehead atoms. The lowest BCUT2D eigenvalue weighted by molar-refractivity contribution is -0.139. The standard InChI is InChI=1S/C22H24N6O2/c1-14-5-6-24-12-17(14)15-9-16-11-20(25-13-18(16)19(23)10-15)26-21(29)22(30)27-28-7-3-2-4-8-28/h5-6,9-13H,2-4,7-8,23H2,1H3,(H,27,30)(H,25,26,29). The Kier molecular flexibility index (Phi) is 5.58. The fourth-order valence-corrected chi connectivity index (χ4v) is 3.65. The first-order chi connectivity index (χ1) is 14.5. The molecule has 1 aliphatic heterocycles. The van der Waals surface area contributed by atoms with E-state index in [1.807, 2.05) is 25.1 Å². The van der Waals surface area contributed by atoms with E-state index in [4.69, 9.17) is 5.73 Å². The van der Waals surface area contributed by atoms with E-state index in [0.29, 0.717) is 11.5 Å². The summed E-state index contributed by atoms with van der Waals surface area (Å²) in [4.78, 5) is 32.9. The Labute approximate surface area is 174 Å². The van der Waals surface area contributed by atoms with Crippen LogP contribution in [0.5, 0.6) is 0 Å². The third-order valence-corrected chi connectivity index (χ3v) is 5.28. The molecule has 2 aromatic heterocycles. The molecule has 4 N–H and O–H groups in total. The largest absolute Gasteiger partial charge is 0.398 e. The lowest BCUT2D eigenvalue weighted by Gasteiger charge is -2.26. The number of hydrazine groups is 1. The average molecular weight is 404 g/mol. The highest BCUT2D eigenvalue weighted by Gasteiger charge is 2.19. The van der Waals surface area contributed by atoms with Crippen LogP contribution in [0.1, 0.15) is 24.8 Å². The van der Waals surface area contributed by atoms with E-state index in [2.05, 4.69) is 20.7 Å². The van der Waals surface area contributed by atoms with Crippen molar-refractivity contribution in [3.05, 3.63) is 48.4 Å². The smallest absolute Gasteiger partial charge is 0.323 e. The topological polar surface area (TPSA) is 113 Å². The summed E-state index contributed by atoms with van der Waals surface area (Å²) in [5.41, 5.74) is 12.5. The number of fused-ring (bicyclic) bond motifs is 1. The van der Waals surface area contributed by atoms with Crippen molar-refractivity contribution >= 4 is 34.1 Å². The molecule has 8 heteroatoms. The quantitative estimate of drug-likeness (QED) is 0.457. The number of aromatic nitrogens is 2. The van der Waals surface area contributed by atoms with Gasteiger partial charge < -0.3 is 11.1 Å². The van der Waals surface area contributed by atoms with Crippen LogP contribution in [0.2, 0.25) is 0 Å². The number of nitrogens with zero attached hydrogens (tertiary/aromatic N) is 3. The normalized spacial score (nSPS) is 14.4. The van der Waals surface area contributed by atoms with Gasteiger partial charge in [0, 0.05) is 48.3 Å². The number of hydrogen-bond acceptors (Lipinski definition) is 6. The van der Waals surface area contributed by atoms with E-state index >= 15 is 0 Å². The third-order valence-electron chi connectivity index (χ3n) is 5.28. The molecule has 2 amide bonds. The second kappa shape index (κ2) is 8.46. The Hall–Kier alpha value is -3.52. The second-order valence-corrected chi connectivity index (χ2v) is 7.49. The Morgan fingerprint density at radius 1 is 1.07 bits per heavy atom. The van der Waals surface area contributed by atoms with Crippen LogP contribution in [0.15, 0.2) is 42.9 Å². The lowest BCUT2D eigenvalue weighted by atomic mass is 9.99. The molecule has 154 valence electrons. The lowest BCUT2D eigenvalue weighted by Crippen LogP contribution is -2.49. The minimum atomic E-state index is -0.750. The Morgan fingerprint density at radius 3 is 2.63 bits per heavy atom. The monoisotopic (exact) mass is 404 g/mol. The summed E-state index contributed by atoms with van der Waals surface area (Å²) < 4.78 is 0. The first-order valence-electron chi connectivity index (χ1n) is 9.98. The van der Waals surface area contributed by atoms with Gasteiger partial charge in [0.25, 0.3) is 0 Å². The van der Waals surface area contributed by atoms with Gasteiger partial charge in [0.15, 0.2) is 0 Å². The number of hydrogen-bond donors (Lipinski definition) is 3. The number of nitrogens with two attached hydrogens (primary N) is 1. The first kappa shape index (κ1) is 19.8. The van der Waals surface area contributed by atoms with Crippen LogP contribution >= 0.6 is 0 Å². The number of carbonyl (C=O) groups excluding carboxylic acids is 2. The predicted molar refractivity (Wildman–Crippen MR) is 116 cm³/mol. The molecule has 0 radical (unpaired) electrons.